The predicted molar refractivity (Wildman–Crippen MR) is 443 cm³/mol. The monoisotopic (exact) mass is 1640 g/mol. The quantitative estimate of drug-likeness (QED) is 0.00654. The SMILES string of the molecule is [C-]#[N+]/C(C(=O)OCCCCCCOC(=O)/C(C#N)=C1\Sc2c(CCOC(=O)c3ccc(CCC)cc3)ccc(OC(=O)c3ccc(OCCCCCCOCC4(CC)COC4)c(OC)c3)c2S1)=C1/Sc2c(CCOC(=O)c3ccc(CCC)cc3)ccc(OC(=O)c3ccc(OCCCCCCOCC4(CC)COC4)c(C)c3)c2S1. The molecule has 2 saturated heterocycles. The first-order chi connectivity index (χ1) is 56.0. The highest BCUT2D eigenvalue weighted by Crippen LogP contribution is 2.59. The van der Waals surface area contributed by atoms with Crippen molar-refractivity contribution in [1.29, 1.82) is 5.26 Å². The molecule has 0 spiro atoms. The van der Waals surface area contributed by atoms with Gasteiger partial charge in [-0.1, -0.05) is 137 Å². The maximum Gasteiger partial charge on any atom is 0.350 e. The zero-order valence-electron chi connectivity index (χ0n) is 66.7. The first kappa shape index (κ1) is 88.6. The lowest BCUT2D eigenvalue weighted by Gasteiger charge is -2.40. The summed E-state index contributed by atoms with van der Waals surface area (Å²) in [5.74, 6) is -2.00. The van der Waals surface area contributed by atoms with Crippen molar-refractivity contribution in [2.75, 3.05) is 99.6 Å². The van der Waals surface area contributed by atoms with Crippen LogP contribution in [0.4, 0.5) is 0 Å². The number of aryl methyl sites for hydroxylation is 3. The van der Waals surface area contributed by atoms with Gasteiger partial charge in [-0.15, -0.1) is 0 Å². The molecule has 0 aromatic heterocycles. The van der Waals surface area contributed by atoms with Crippen molar-refractivity contribution in [3.8, 4) is 34.8 Å². The van der Waals surface area contributed by atoms with E-state index >= 15 is 0 Å². The van der Waals surface area contributed by atoms with Crippen LogP contribution in [0.25, 0.3) is 4.85 Å². The zero-order valence-corrected chi connectivity index (χ0v) is 70.0. The number of carbonyl (C=O) groups excluding carboxylic acids is 6. The molecule has 0 bridgehead atoms. The van der Waals surface area contributed by atoms with E-state index in [0.717, 1.165) is 199 Å². The van der Waals surface area contributed by atoms with Gasteiger partial charge in [-0.2, -0.15) is 5.26 Å². The number of methoxy groups -OCH3 is 1. The van der Waals surface area contributed by atoms with E-state index in [9.17, 15) is 34.0 Å². The van der Waals surface area contributed by atoms with Crippen LogP contribution in [0, 0.1) is 35.7 Å². The molecular formula is C90H104N2O19S4. The van der Waals surface area contributed by atoms with E-state index in [0.29, 0.717) is 107 Å². The van der Waals surface area contributed by atoms with Crippen LogP contribution in [0.5, 0.6) is 28.7 Å². The van der Waals surface area contributed by atoms with Crippen molar-refractivity contribution in [2.24, 2.45) is 10.8 Å². The smallest absolute Gasteiger partial charge is 0.350 e. The number of nitriles is 1. The van der Waals surface area contributed by atoms with Crippen molar-refractivity contribution >= 4 is 82.9 Å². The number of esters is 6. The fourth-order valence-corrected chi connectivity index (χ4v) is 18.3. The Kier molecular flexibility index (Phi) is 35.2. The van der Waals surface area contributed by atoms with Gasteiger partial charge in [-0.3, -0.25) is 4.79 Å². The van der Waals surface area contributed by atoms with Gasteiger partial charge in [0.2, 0.25) is 0 Å². The number of rotatable bonds is 48. The van der Waals surface area contributed by atoms with E-state index < -0.39 is 35.8 Å². The van der Waals surface area contributed by atoms with Crippen molar-refractivity contribution in [2.45, 2.75) is 183 Å². The molecule has 0 aliphatic carbocycles. The fourth-order valence-electron chi connectivity index (χ4n) is 13.0. The van der Waals surface area contributed by atoms with Crippen LogP contribution in [0.3, 0.4) is 0 Å². The molecule has 4 aliphatic heterocycles. The average Bonchev–Trinajstić information content (AvgIpc) is 1.64. The van der Waals surface area contributed by atoms with Crippen LogP contribution < -0.4 is 23.7 Å². The van der Waals surface area contributed by atoms with Crippen LogP contribution in [-0.4, -0.2) is 135 Å². The Morgan fingerprint density at radius 2 is 0.861 bits per heavy atom. The minimum Gasteiger partial charge on any atom is -0.493 e. The van der Waals surface area contributed by atoms with Crippen molar-refractivity contribution < 1.29 is 90.3 Å². The number of carbonyl (C=O) groups is 6. The third-order valence-electron chi connectivity index (χ3n) is 20.3. The highest BCUT2D eigenvalue weighted by atomic mass is 32.2. The molecule has 0 N–H and O–H groups in total. The van der Waals surface area contributed by atoms with Crippen LogP contribution in [0.1, 0.15) is 200 Å². The number of hydrogen-bond donors (Lipinski definition) is 0. The minimum absolute atomic E-state index is 0.0114. The number of thioether (sulfide) groups is 4. The van der Waals surface area contributed by atoms with Crippen molar-refractivity contribution in [3.05, 3.63) is 190 Å². The Morgan fingerprint density at radius 1 is 0.443 bits per heavy atom. The van der Waals surface area contributed by atoms with E-state index in [2.05, 4.69) is 32.5 Å². The molecule has 4 heterocycles. The normalized spacial score (nSPS) is 15.0. The number of ether oxygens (including phenoxy) is 13. The maximum absolute atomic E-state index is 14.0. The summed E-state index contributed by atoms with van der Waals surface area (Å²) in [4.78, 5) is 87.8. The second-order valence-corrected chi connectivity index (χ2v) is 33.6. The first-order valence-corrected chi connectivity index (χ1v) is 43.3. The van der Waals surface area contributed by atoms with Gasteiger partial charge in [-0.25, -0.2) is 28.8 Å². The molecule has 2 fully saturated rings. The molecule has 0 amide bonds. The number of fused-ring (bicyclic) bond motifs is 2. The number of unbranched alkanes of at least 4 members (excludes halogenated alkanes) is 9. The molecule has 10 rings (SSSR count). The van der Waals surface area contributed by atoms with Crippen LogP contribution in [0.15, 0.2) is 149 Å². The summed E-state index contributed by atoms with van der Waals surface area (Å²) in [6.45, 7) is 25.6. The van der Waals surface area contributed by atoms with E-state index in [1.54, 1.807) is 84.9 Å². The second kappa shape index (κ2) is 45.7. The molecule has 21 nitrogen and oxygen atoms in total. The number of nitrogens with zero attached hydrogens (tertiary/aromatic N) is 2. The molecule has 612 valence electrons. The summed E-state index contributed by atoms with van der Waals surface area (Å²) < 4.78 is 76.3. The molecule has 6 aromatic carbocycles. The van der Waals surface area contributed by atoms with E-state index in [1.165, 1.54) is 18.9 Å². The van der Waals surface area contributed by atoms with E-state index in [4.69, 9.17) is 68.2 Å². The summed E-state index contributed by atoms with van der Waals surface area (Å²) in [5.41, 5.74) is 5.71. The fraction of sp³-hybridized carbons (Fsp3) is 0.467. The van der Waals surface area contributed by atoms with Gasteiger partial charge in [0.25, 0.3) is 5.70 Å². The second-order valence-electron chi connectivity index (χ2n) is 29.0. The molecule has 0 atom stereocenters. The molecular weight excluding hydrogens is 1540 g/mol. The van der Waals surface area contributed by atoms with Gasteiger partial charge in [0, 0.05) is 46.7 Å². The molecule has 4 aliphatic rings. The standard InChI is InChI=1S/C90H104N2O19S4/c1-8-24-62-26-30-66(31-27-62)81(93)108-50-42-64-34-40-73(111-84(96)69-37-39-72(75(53-69)99-7)105-47-21-15-13-19-45-101-56-90(11-4)59-103-60-90)79-77(64)112-87(114-79)70(54-91)85(97)106-48-22-16-17-23-49-107-86(98)76(92-6)88-113-78-65(43-51-109-82(94)67-32-28-63(25-9-2)29-33-67)35-41-74(80(78)115-88)110-83(95)68-36-38-71(61(5)52-68)104-46-20-14-12-18-44-100-55-89(10-3)57-102-58-89/h26-41,52-53H,8-25,42-51,55-60H2,1-5,7H3/b87-70+,88-76-. The third kappa shape index (κ3) is 25.4. The largest absolute Gasteiger partial charge is 0.493 e. The van der Waals surface area contributed by atoms with Gasteiger partial charge in [0.05, 0.1) is 133 Å². The molecule has 0 unspecified atom stereocenters. The third-order valence-corrected chi connectivity index (χ3v) is 25.7. The summed E-state index contributed by atoms with van der Waals surface area (Å²) in [5, 5.41) is 10.5. The van der Waals surface area contributed by atoms with Crippen LogP contribution >= 0.6 is 47.0 Å². The molecule has 6 aromatic rings. The number of benzene rings is 6. The summed E-state index contributed by atoms with van der Waals surface area (Å²) >= 11 is 4.57. The van der Waals surface area contributed by atoms with Gasteiger partial charge in [-0.05, 0) is 197 Å². The Bertz CT molecular complexity index is 4470. The first-order valence-electron chi connectivity index (χ1n) is 40.0. The zero-order chi connectivity index (χ0) is 81.4. The van der Waals surface area contributed by atoms with Gasteiger partial charge < -0.3 is 61.6 Å². The Morgan fingerprint density at radius 3 is 1.30 bits per heavy atom. The predicted octanol–water partition coefficient (Wildman–Crippen LogP) is 19.5. The van der Waals surface area contributed by atoms with Crippen LogP contribution in [-0.2, 0) is 73.2 Å². The van der Waals surface area contributed by atoms with Crippen molar-refractivity contribution in [3.63, 3.8) is 0 Å². The van der Waals surface area contributed by atoms with E-state index in [1.807, 2.05) is 37.3 Å². The lowest BCUT2D eigenvalue weighted by Crippen LogP contribution is -2.45. The lowest BCUT2D eigenvalue weighted by molar-refractivity contribution is -0.150. The highest BCUT2D eigenvalue weighted by Gasteiger charge is 2.39. The average molecular weight is 1650 g/mol. The van der Waals surface area contributed by atoms with Gasteiger partial charge in [0.15, 0.2) is 17.1 Å². The Balaban J connectivity index is 0.713. The molecule has 0 saturated carbocycles. The summed E-state index contributed by atoms with van der Waals surface area (Å²) in [6, 6.07) is 33.6. The lowest BCUT2D eigenvalue weighted by atomic mass is 9.84. The summed E-state index contributed by atoms with van der Waals surface area (Å²) in [6.07, 6.45) is 16.0. The van der Waals surface area contributed by atoms with Gasteiger partial charge >= 0.3 is 35.8 Å². The maximum atomic E-state index is 14.0. The molecule has 115 heavy (non-hydrogen) atoms. The molecule has 0 radical (unpaired) electrons. The number of hydrogen-bond acceptors (Lipinski definition) is 24. The summed E-state index contributed by atoms with van der Waals surface area (Å²) in [7, 11) is 1.50. The van der Waals surface area contributed by atoms with Gasteiger partial charge in [0.1, 0.15) is 23.3 Å². The van der Waals surface area contributed by atoms with E-state index in [-0.39, 0.29) is 78.4 Å². The minimum atomic E-state index is -0.839. The Labute approximate surface area is 692 Å². The molecule has 25 heteroatoms. The Hall–Kier alpha value is -8.76. The topological polar surface area (TPSA) is 251 Å². The highest BCUT2D eigenvalue weighted by molar-refractivity contribution is 8.25. The van der Waals surface area contributed by atoms with Crippen molar-refractivity contribution in [1.82, 2.24) is 0 Å². The van der Waals surface area contributed by atoms with Crippen LogP contribution in [0.2, 0.25) is 0 Å².